The third kappa shape index (κ3) is 6.99. The molecule has 0 radical (unpaired) electrons. The monoisotopic (exact) mass is 432 g/mol. The van der Waals surface area contributed by atoms with Crippen LogP contribution in [-0.4, -0.2) is 41.5 Å². The molecule has 3 aromatic rings. The maximum atomic E-state index is 13.0. The van der Waals surface area contributed by atoms with Gasteiger partial charge in [-0.05, 0) is 72.9 Å². The van der Waals surface area contributed by atoms with Gasteiger partial charge >= 0.3 is 5.97 Å². The zero-order chi connectivity index (χ0) is 22.6. The summed E-state index contributed by atoms with van der Waals surface area (Å²) in [6.07, 6.45) is 8.49. The van der Waals surface area contributed by atoms with E-state index < -0.39 is 6.04 Å². The molecule has 1 atom stereocenters. The van der Waals surface area contributed by atoms with E-state index in [0.717, 1.165) is 29.5 Å². The van der Waals surface area contributed by atoms with Crippen molar-refractivity contribution in [3.63, 3.8) is 0 Å². The highest BCUT2D eigenvalue weighted by atomic mass is 16.5. The third-order valence-corrected chi connectivity index (χ3v) is 4.99. The molecule has 166 valence electrons. The molecule has 0 aliphatic rings. The Kier molecular flexibility index (Phi) is 8.89. The average Bonchev–Trinajstić information content (AvgIpc) is 2.83. The maximum Gasteiger partial charge on any atom is 0.338 e. The number of amides is 1. The Morgan fingerprint density at radius 2 is 1.41 bits per heavy atom. The van der Waals surface area contributed by atoms with E-state index in [1.165, 1.54) is 0 Å². The molecule has 0 saturated heterocycles. The number of ether oxygens (including phenoxy) is 1. The average molecular weight is 433 g/mol. The predicted octanol–water partition coefficient (Wildman–Crippen LogP) is 2.89. The van der Waals surface area contributed by atoms with Gasteiger partial charge in [0.1, 0.15) is 6.04 Å². The molecule has 0 aliphatic carbocycles. The fourth-order valence-corrected chi connectivity index (χ4v) is 3.28. The van der Waals surface area contributed by atoms with Crippen LogP contribution < -0.4 is 10.6 Å². The standard InChI is InChI=1S/C25H28N4O3/c1-2-32-25(31)22-5-3-21(4-6-22)23(28-17-11-19-7-13-26-14-8-19)24(30)29-18-12-20-9-15-27-16-10-20/h3-10,13-16,23,28H,2,11-12,17-18H2,1H3,(H,29,30). The first-order chi connectivity index (χ1) is 15.7. The highest BCUT2D eigenvalue weighted by molar-refractivity contribution is 5.90. The lowest BCUT2D eigenvalue weighted by atomic mass is 10.0. The van der Waals surface area contributed by atoms with Crippen molar-refractivity contribution in [2.24, 2.45) is 0 Å². The van der Waals surface area contributed by atoms with Gasteiger partial charge in [0.15, 0.2) is 0 Å². The Labute approximate surface area is 188 Å². The van der Waals surface area contributed by atoms with Gasteiger partial charge in [-0.25, -0.2) is 4.79 Å². The molecule has 0 spiro atoms. The van der Waals surface area contributed by atoms with E-state index >= 15 is 0 Å². The molecule has 3 rings (SSSR count). The quantitative estimate of drug-likeness (QED) is 0.453. The van der Waals surface area contributed by atoms with Gasteiger partial charge in [0.05, 0.1) is 12.2 Å². The number of aromatic nitrogens is 2. The van der Waals surface area contributed by atoms with Crippen molar-refractivity contribution < 1.29 is 14.3 Å². The van der Waals surface area contributed by atoms with E-state index in [9.17, 15) is 9.59 Å². The van der Waals surface area contributed by atoms with E-state index in [4.69, 9.17) is 4.74 Å². The first kappa shape index (κ1) is 23.1. The van der Waals surface area contributed by atoms with Crippen LogP contribution in [0.2, 0.25) is 0 Å². The fraction of sp³-hybridized carbons (Fsp3) is 0.280. The number of benzene rings is 1. The number of hydrogen-bond donors (Lipinski definition) is 2. The molecule has 32 heavy (non-hydrogen) atoms. The van der Waals surface area contributed by atoms with Gasteiger partial charge in [0.2, 0.25) is 5.91 Å². The number of esters is 1. The second-order valence-electron chi connectivity index (χ2n) is 7.23. The topological polar surface area (TPSA) is 93.2 Å². The summed E-state index contributed by atoms with van der Waals surface area (Å²) in [7, 11) is 0. The van der Waals surface area contributed by atoms with Gasteiger partial charge in [0.25, 0.3) is 0 Å². The number of carbonyl (C=O) groups is 2. The largest absolute Gasteiger partial charge is 0.462 e. The Morgan fingerprint density at radius 3 is 1.97 bits per heavy atom. The molecular formula is C25H28N4O3. The number of hydrogen-bond acceptors (Lipinski definition) is 6. The van der Waals surface area contributed by atoms with Crippen LogP contribution >= 0.6 is 0 Å². The summed E-state index contributed by atoms with van der Waals surface area (Å²) in [4.78, 5) is 33.0. The number of nitrogens with one attached hydrogen (secondary N) is 2. The van der Waals surface area contributed by atoms with E-state index in [1.807, 2.05) is 24.3 Å². The van der Waals surface area contributed by atoms with Crippen molar-refractivity contribution in [2.75, 3.05) is 19.7 Å². The molecule has 1 amide bonds. The smallest absolute Gasteiger partial charge is 0.338 e. The molecule has 2 heterocycles. The normalized spacial score (nSPS) is 11.5. The first-order valence-electron chi connectivity index (χ1n) is 10.7. The van der Waals surface area contributed by atoms with Crippen molar-refractivity contribution in [1.29, 1.82) is 0 Å². The molecule has 0 saturated carbocycles. The fourth-order valence-electron chi connectivity index (χ4n) is 3.28. The summed E-state index contributed by atoms with van der Waals surface area (Å²) in [6.45, 7) is 3.23. The summed E-state index contributed by atoms with van der Waals surface area (Å²) in [6, 6.07) is 14.2. The summed E-state index contributed by atoms with van der Waals surface area (Å²) in [5.41, 5.74) is 3.50. The summed E-state index contributed by atoms with van der Waals surface area (Å²) in [5, 5.41) is 6.36. The molecular weight excluding hydrogens is 404 g/mol. The Bertz CT molecular complexity index is 979. The second kappa shape index (κ2) is 12.3. The van der Waals surface area contributed by atoms with Crippen LogP contribution in [0.5, 0.6) is 0 Å². The van der Waals surface area contributed by atoms with Crippen LogP contribution in [-0.2, 0) is 22.4 Å². The Hall–Kier alpha value is -3.58. The highest BCUT2D eigenvalue weighted by Crippen LogP contribution is 2.16. The number of rotatable bonds is 11. The van der Waals surface area contributed by atoms with Crippen molar-refractivity contribution in [2.45, 2.75) is 25.8 Å². The lowest BCUT2D eigenvalue weighted by Crippen LogP contribution is -2.39. The zero-order valence-electron chi connectivity index (χ0n) is 18.2. The summed E-state index contributed by atoms with van der Waals surface area (Å²) >= 11 is 0. The van der Waals surface area contributed by atoms with Crippen molar-refractivity contribution >= 4 is 11.9 Å². The molecule has 2 aromatic heterocycles. The minimum Gasteiger partial charge on any atom is -0.462 e. The van der Waals surface area contributed by atoms with Crippen LogP contribution in [0.3, 0.4) is 0 Å². The van der Waals surface area contributed by atoms with Crippen LogP contribution in [0.15, 0.2) is 73.3 Å². The molecule has 0 aliphatic heterocycles. The van der Waals surface area contributed by atoms with Gasteiger partial charge in [-0.3, -0.25) is 14.8 Å². The van der Waals surface area contributed by atoms with Crippen LogP contribution in [0.1, 0.15) is 40.0 Å². The van der Waals surface area contributed by atoms with E-state index in [2.05, 4.69) is 20.6 Å². The van der Waals surface area contributed by atoms with E-state index in [-0.39, 0.29) is 11.9 Å². The lowest BCUT2D eigenvalue weighted by Gasteiger charge is -2.19. The molecule has 0 fully saturated rings. The number of nitrogens with zero attached hydrogens (tertiary/aromatic N) is 2. The Morgan fingerprint density at radius 1 is 0.844 bits per heavy atom. The zero-order valence-corrected chi connectivity index (χ0v) is 18.2. The van der Waals surface area contributed by atoms with Crippen molar-refractivity contribution in [3.05, 3.63) is 95.6 Å². The number of carbonyl (C=O) groups excluding carboxylic acids is 2. The molecule has 7 heteroatoms. The van der Waals surface area contributed by atoms with Crippen molar-refractivity contribution in [3.8, 4) is 0 Å². The maximum absolute atomic E-state index is 13.0. The van der Waals surface area contributed by atoms with Crippen LogP contribution in [0, 0.1) is 0 Å². The minimum absolute atomic E-state index is 0.113. The minimum atomic E-state index is -0.537. The van der Waals surface area contributed by atoms with E-state index in [1.54, 1.807) is 56.0 Å². The summed E-state index contributed by atoms with van der Waals surface area (Å²) < 4.78 is 5.04. The van der Waals surface area contributed by atoms with Gasteiger partial charge in [-0.15, -0.1) is 0 Å². The SMILES string of the molecule is CCOC(=O)c1ccc(C(NCCc2ccncc2)C(=O)NCCc2ccncc2)cc1. The lowest BCUT2D eigenvalue weighted by molar-refractivity contribution is -0.123. The third-order valence-electron chi connectivity index (χ3n) is 4.99. The van der Waals surface area contributed by atoms with Gasteiger partial charge in [-0.1, -0.05) is 12.1 Å². The highest BCUT2D eigenvalue weighted by Gasteiger charge is 2.20. The van der Waals surface area contributed by atoms with Gasteiger partial charge in [-0.2, -0.15) is 0 Å². The second-order valence-corrected chi connectivity index (χ2v) is 7.23. The molecule has 2 N–H and O–H groups in total. The first-order valence-corrected chi connectivity index (χ1v) is 10.7. The van der Waals surface area contributed by atoms with Crippen LogP contribution in [0.4, 0.5) is 0 Å². The molecule has 1 aromatic carbocycles. The van der Waals surface area contributed by atoms with Crippen LogP contribution in [0.25, 0.3) is 0 Å². The summed E-state index contributed by atoms with van der Waals surface area (Å²) in [5.74, 6) is -0.485. The van der Waals surface area contributed by atoms with Crippen molar-refractivity contribution in [1.82, 2.24) is 20.6 Å². The Balaban J connectivity index is 1.65. The van der Waals surface area contributed by atoms with E-state index in [0.29, 0.717) is 25.3 Å². The van der Waals surface area contributed by atoms with Gasteiger partial charge in [0, 0.05) is 37.9 Å². The molecule has 1 unspecified atom stereocenters. The number of pyridine rings is 2. The molecule has 0 bridgehead atoms. The predicted molar refractivity (Wildman–Crippen MR) is 122 cm³/mol. The van der Waals surface area contributed by atoms with Gasteiger partial charge < -0.3 is 15.4 Å². The molecule has 7 nitrogen and oxygen atoms in total.